The average molecular weight is 296 g/mol. The van der Waals surface area contributed by atoms with E-state index in [-0.39, 0.29) is 18.4 Å². The second kappa shape index (κ2) is 7.41. The van der Waals surface area contributed by atoms with Crippen LogP contribution in [0.25, 0.3) is 0 Å². The maximum atomic E-state index is 12.5. The highest BCUT2D eigenvalue weighted by atomic mass is 16.2. The third kappa shape index (κ3) is 4.45. The van der Waals surface area contributed by atoms with E-state index in [0.717, 1.165) is 16.8 Å². The molecule has 2 rings (SSSR count). The number of carbonyl (C=O) groups is 2. The number of carbonyl (C=O) groups excluding carboxylic acids is 2. The molecule has 22 heavy (non-hydrogen) atoms. The number of nitrogens with one attached hydrogen (secondary N) is 2. The molecule has 0 radical (unpaired) electrons. The maximum absolute atomic E-state index is 12.5. The van der Waals surface area contributed by atoms with Crippen molar-refractivity contribution in [2.45, 2.75) is 19.8 Å². The van der Waals surface area contributed by atoms with Gasteiger partial charge >= 0.3 is 0 Å². The summed E-state index contributed by atoms with van der Waals surface area (Å²) in [6, 6.07) is 17.1. The zero-order chi connectivity index (χ0) is 15.9. The molecule has 2 amide bonds. The summed E-state index contributed by atoms with van der Waals surface area (Å²) >= 11 is 0. The van der Waals surface area contributed by atoms with E-state index in [1.54, 1.807) is 0 Å². The van der Waals surface area contributed by atoms with Crippen LogP contribution >= 0.6 is 0 Å². The molecule has 2 N–H and O–H groups in total. The van der Waals surface area contributed by atoms with Crippen LogP contribution in [0.2, 0.25) is 0 Å². The molecule has 0 bridgehead atoms. The molecule has 0 fully saturated rings. The average Bonchev–Trinajstić information content (AvgIpc) is 2.50. The van der Waals surface area contributed by atoms with Gasteiger partial charge in [-0.3, -0.25) is 9.59 Å². The summed E-state index contributed by atoms with van der Waals surface area (Å²) in [4.78, 5) is 23.7. The molecule has 0 spiro atoms. The zero-order valence-electron chi connectivity index (χ0n) is 12.8. The summed E-state index contributed by atoms with van der Waals surface area (Å²) < 4.78 is 0. The molecule has 0 aliphatic heterocycles. The summed E-state index contributed by atoms with van der Waals surface area (Å²) in [7, 11) is 0. The lowest BCUT2D eigenvalue weighted by Crippen LogP contribution is -2.33. The van der Waals surface area contributed by atoms with Crippen molar-refractivity contribution < 1.29 is 9.59 Å². The van der Waals surface area contributed by atoms with E-state index >= 15 is 0 Å². The number of anilines is 1. The van der Waals surface area contributed by atoms with E-state index in [1.807, 2.05) is 61.5 Å². The second-order valence-corrected chi connectivity index (χ2v) is 5.26. The Hall–Kier alpha value is -2.62. The van der Waals surface area contributed by atoms with E-state index in [2.05, 4.69) is 10.6 Å². The Morgan fingerprint density at radius 2 is 1.64 bits per heavy atom. The smallest absolute Gasteiger partial charge is 0.233 e. The van der Waals surface area contributed by atoms with Crippen LogP contribution in [-0.2, 0) is 9.59 Å². The fraction of sp³-hybridized carbons (Fsp3) is 0.222. The molecule has 1 unspecified atom stereocenters. The molecular formula is C18H20N2O2. The first-order valence-corrected chi connectivity index (χ1v) is 7.23. The number of amides is 2. The van der Waals surface area contributed by atoms with Gasteiger partial charge in [0.25, 0.3) is 0 Å². The zero-order valence-corrected chi connectivity index (χ0v) is 12.8. The topological polar surface area (TPSA) is 58.2 Å². The van der Waals surface area contributed by atoms with Crippen LogP contribution in [0.4, 0.5) is 5.69 Å². The predicted octanol–water partition coefficient (Wildman–Crippen LogP) is 2.85. The Balaban J connectivity index is 2.17. The second-order valence-electron chi connectivity index (χ2n) is 5.26. The van der Waals surface area contributed by atoms with Crippen LogP contribution in [0.3, 0.4) is 0 Å². The Morgan fingerprint density at radius 1 is 1.00 bits per heavy atom. The van der Waals surface area contributed by atoms with Crippen molar-refractivity contribution in [1.29, 1.82) is 0 Å². The number of hydrogen-bond acceptors (Lipinski definition) is 2. The van der Waals surface area contributed by atoms with Gasteiger partial charge in [0.15, 0.2) is 0 Å². The lowest BCUT2D eigenvalue weighted by atomic mass is 9.97. The standard InChI is InChI=1S/C18H20N2O2/c1-13-8-10-15(11-9-13)17(12-19-14(2)21)18(22)20-16-6-4-3-5-7-16/h3-11,17H,12H2,1-2H3,(H,19,21)(H,20,22). The Bertz CT molecular complexity index is 636. The van der Waals surface area contributed by atoms with Gasteiger partial charge in [0, 0.05) is 19.2 Å². The highest BCUT2D eigenvalue weighted by Gasteiger charge is 2.21. The van der Waals surface area contributed by atoms with E-state index in [1.165, 1.54) is 6.92 Å². The first kappa shape index (κ1) is 15.8. The first-order chi connectivity index (χ1) is 10.6. The Labute approximate surface area is 130 Å². The van der Waals surface area contributed by atoms with Gasteiger partial charge in [0.1, 0.15) is 0 Å². The van der Waals surface area contributed by atoms with Gasteiger partial charge < -0.3 is 10.6 Å². The van der Waals surface area contributed by atoms with Gasteiger partial charge in [0.05, 0.1) is 5.92 Å². The molecule has 4 nitrogen and oxygen atoms in total. The minimum absolute atomic E-state index is 0.135. The van der Waals surface area contributed by atoms with Crippen LogP contribution in [0.5, 0.6) is 0 Å². The van der Waals surface area contributed by atoms with Gasteiger partial charge in [-0.05, 0) is 24.6 Å². The highest BCUT2D eigenvalue weighted by molar-refractivity contribution is 5.96. The van der Waals surface area contributed by atoms with Crippen molar-refractivity contribution in [2.75, 3.05) is 11.9 Å². The fourth-order valence-corrected chi connectivity index (χ4v) is 2.16. The number of hydrogen-bond donors (Lipinski definition) is 2. The summed E-state index contributed by atoms with van der Waals surface area (Å²) in [5, 5.41) is 5.61. The molecule has 114 valence electrons. The van der Waals surface area contributed by atoms with E-state index in [0.29, 0.717) is 0 Å². The van der Waals surface area contributed by atoms with Crippen molar-refractivity contribution in [3.05, 3.63) is 65.7 Å². The van der Waals surface area contributed by atoms with Crippen molar-refractivity contribution in [2.24, 2.45) is 0 Å². The summed E-state index contributed by atoms with van der Waals surface area (Å²) in [5.41, 5.74) is 2.76. The molecule has 1 atom stereocenters. The Morgan fingerprint density at radius 3 is 2.23 bits per heavy atom. The SMILES string of the molecule is CC(=O)NCC(C(=O)Nc1ccccc1)c1ccc(C)cc1. The van der Waals surface area contributed by atoms with Crippen LogP contribution in [0.15, 0.2) is 54.6 Å². The van der Waals surface area contributed by atoms with E-state index in [9.17, 15) is 9.59 Å². The third-order valence-corrected chi connectivity index (χ3v) is 3.39. The highest BCUT2D eigenvalue weighted by Crippen LogP contribution is 2.18. The Kier molecular flexibility index (Phi) is 5.31. The van der Waals surface area contributed by atoms with Crippen molar-refractivity contribution in [1.82, 2.24) is 5.32 Å². The normalized spacial score (nSPS) is 11.5. The lowest BCUT2D eigenvalue weighted by Gasteiger charge is -2.18. The summed E-state index contributed by atoms with van der Waals surface area (Å²) in [5.74, 6) is -0.710. The van der Waals surface area contributed by atoms with Gasteiger partial charge in [-0.1, -0.05) is 48.0 Å². The molecule has 0 heterocycles. The summed E-state index contributed by atoms with van der Waals surface area (Å²) in [6.07, 6.45) is 0. The molecule has 0 saturated carbocycles. The van der Waals surface area contributed by atoms with Gasteiger partial charge in [0.2, 0.25) is 11.8 Å². The van der Waals surface area contributed by atoms with E-state index < -0.39 is 5.92 Å². The number of benzene rings is 2. The molecule has 2 aromatic carbocycles. The molecule has 4 heteroatoms. The summed E-state index contributed by atoms with van der Waals surface area (Å²) in [6.45, 7) is 3.72. The van der Waals surface area contributed by atoms with Gasteiger partial charge in [-0.15, -0.1) is 0 Å². The van der Waals surface area contributed by atoms with Crippen molar-refractivity contribution >= 4 is 17.5 Å². The molecule has 2 aromatic rings. The molecule has 0 aliphatic carbocycles. The van der Waals surface area contributed by atoms with Crippen LogP contribution in [0.1, 0.15) is 24.0 Å². The van der Waals surface area contributed by atoms with Gasteiger partial charge in [-0.25, -0.2) is 0 Å². The minimum atomic E-state index is -0.426. The first-order valence-electron chi connectivity index (χ1n) is 7.23. The number of aryl methyl sites for hydroxylation is 1. The van der Waals surface area contributed by atoms with Crippen LogP contribution in [-0.4, -0.2) is 18.4 Å². The van der Waals surface area contributed by atoms with E-state index in [4.69, 9.17) is 0 Å². The third-order valence-electron chi connectivity index (χ3n) is 3.39. The lowest BCUT2D eigenvalue weighted by molar-refractivity contribution is -0.119. The number of rotatable bonds is 5. The van der Waals surface area contributed by atoms with Crippen molar-refractivity contribution in [3.63, 3.8) is 0 Å². The quantitative estimate of drug-likeness (QED) is 0.891. The van der Waals surface area contributed by atoms with Crippen LogP contribution in [0, 0.1) is 6.92 Å². The molecule has 0 saturated heterocycles. The number of para-hydroxylation sites is 1. The van der Waals surface area contributed by atoms with Gasteiger partial charge in [-0.2, -0.15) is 0 Å². The monoisotopic (exact) mass is 296 g/mol. The minimum Gasteiger partial charge on any atom is -0.355 e. The largest absolute Gasteiger partial charge is 0.355 e. The molecule has 0 aliphatic rings. The van der Waals surface area contributed by atoms with Crippen molar-refractivity contribution in [3.8, 4) is 0 Å². The maximum Gasteiger partial charge on any atom is 0.233 e. The molecule has 0 aromatic heterocycles. The molecular weight excluding hydrogens is 276 g/mol. The fourth-order valence-electron chi connectivity index (χ4n) is 2.16. The predicted molar refractivity (Wildman–Crippen MR) is 87.7 cm³/mol. The van der Waals surface area contributed by atoms with Crippen LogP contribution < -0.4 is 10.6 Å².